The highest BCUT2D eigenvalue weighted by Crippen LogP contribution is 2.20. The van der Waals surface area contributed by atoms with Crippen LogP contribution in [0.4, 0.5) is 0 Å². The monoisotopic (exact) mass is 228 g/mol. The van der Waals surface area contributed by atoms with Crippen LogP contribution in [0.1, 0.15) is 40.0 Å². The second-order valence-electron chi connectivity index (χ2n) is 5.36. The van der Waals surface area contributed by atoms with Crippen LogP contribution in [0.3, 0.4) is 0 Å². The molecule has 0 aromatic carbocycles. The Morgan fingerprint density at radius 2 is 2.19 bits per heavy atom. The van der Waals surface area contributed by atoms with E-state index >= 15 is 0 Å². The number of rotatable bonds is 7. The van der Waals surface area contributed by atoms with Crippen LogP contribution < -0.4 is 5.32 Å². The largest absolute Gasteiger partial charge is 0.394 e. The van der Waals surface area contributed by atoms with Crippen LogP contribution in [-0.4, -0.2) is 48.3 Å². The molecule has 0 radical (unpaired) electrons. The van der Waals surface area contributed by atoms with Gasteiger partial charge in [0.05, 0.1) is 6.61 Å². The lowest BCUT2D eigenvalue weighted by Crippen LogP contribution is -2.47. The molecule has 1 aliphatic rings. The molecule has 0 saturated carbocycles. The number of aliphatic hydroxyl groups is 1. The molecule has 3 nitrogen and oxygen atoms in total. The molecule has 1 aliphatic heterocycles. The highest BCUT2D eigenvalue weighted by Gasteiger charge is 2.26. The van der Waals surface area contributed by atoms with E-state index in [9.17, 15) is 5.11 Å². The highest BCUT2D eigenvalue weighted by molar-refractivity contribution is 4.84. The molecule has 0 aliphatic carbocycles. The summed E-state index contributed by atoms with van der Waals surface area (Å²) < 4.78 is 0. The maximum Gasteiger partial charge on any atom is 0.0611 e. The van der Waals surface area contributed by atoms with Crippen LogP contribution in [0.2, 0.25) is 0 Å². The Hall–Kier alpha value is -0.120. The van der Waals surface area contributed by atoms with Crippen molar-refractivity contribution in [3.63, 3.8) is 0 Å². The summed E-state index contributed by atoms with van der Waals surface area (Å²) in [5.41, 5.74) is -0.0982. The first-order valence-corrected chi connectivity index (χ1v) is 6.71. The van der Waals surface area contributed by atoms with Crippen molar-refractivity contribution in [1.82, 2.24) is 10.2 Å². The van der Waals surface area contributed by atoms with Gasteiger partial charge in [-0.3, -0.25) is 0 Å². The summed E-state index contributed by atoms with van der Waals surface area (Å²) in [6.07, 6.45) is 3.70. The predicted octanol–water partition coefficient (Wildman–Crippen LogP) is 1.47. The third kappa shape index (κ3) is 4.04. The zero-order valence-corrected chi connectivity index (χ0v) is 11.1. The summed E-state index contributed by atoms with van der Waals surface area (Å²) in [6.45, 7) is 11.3. The number of likely N-dealkylation sites (tertiary alicyclic amines) is 1. The van der Waals surface area contributed by atoms with Crippen LogP contribution in [0.25, 0.3) is 0 Å². The summed E-state index contributed by atoms with van der Waals surface area (Å²) in [7, 11) is 0. The summed E-state index contributed by atoms with van der Waals surface area (Å²) in [6, 6.07) is 0. The lowest BCUT2D eigenvalue weighted by molar-refractivity contribution is 0.152. The lowest BCUT2D eigenvalue weighted by Gasteiger charge is -2.30. The Labute approximate surface area is 100 Å². The molecule has 2 atom stereocenters. The first-order valence-electron chi connectivity index (χ1n) is 6.71. The van der Waals surface area contributed by atoms with Crippen LogP contribution >= 0.6 is 0 Å². The van der Waals surface area contributed by atoms with E-state index < -0.39 is 0 Å². The topological polar surface area (TPSA) is 35.5 Å². The molecule has 1 rings (SSSR count). The minimum absolute atomic E-state index is 0.0982. The van der Waals surface area contributed by atoms with Crippen molar-refractivity contribution in [3.05, 3.63) is 0 Å². The van der Waals surface area contributed by atoms with Gasteiger partial charge in [0, 0.05) is 12.1 Å². The van der Waals surface area contributed by atoms with Gasteiger partial charge in [0.25, 0.3) is 0 Å². The van der Waals surface area contributed by atoms with E-state index in [1.165, 1.54) is 25.9 Å². The van der Waals surface area contributed by atoms with Crippen molar-refractivity contribution in [2.24, 2.45) is 5.92 Å². The second kappa shape index (κ2) is 6.58. The van der Waals surface area contributed by atoms with Crippen LogP contribution in [0.5, 0.6) is 0 Å². The summed E-state index contributed by atoms with van der Waals surface area (Å²) in [4.78, 5) is 2.54. The summed E-state index contributed by atoms with van der Waals surface area (Å²) in [5, 5.41) is 12.8. The third-order valence-corrected chi connectivity index (χ3v) is 3.88. The number of hydrogen-bond acceptors (Lipinski definition) is 3. The van der Waals surface area contributed by atoms with Gasteiger partial charge in [0.2, 0.25) is 0 Å². The maximum absolute atomic E-state index is 9.41. The fourth-order valence-electron chi connectivity index (χ4n) is 2.50. The number of likely N-dealkylation sites (N-methyl/N-ethyl adjacent to an activating group) is 1. The Morgan fingerprint density at radius 3 is 2.69 bits per heavy atom. The van der Waals surface area contributed by atoms with Gasteiger partial charge in [-0.2, -0.15) is 0 Å². The average Bonchev–Trinajstić information content (AvgIpc) is 2.75. The van der Waals surface area contributed by atoms with Crippen molar-refractivity contribution in [3.8, 4) is 0 Å². The van der Waals surface area contributed by atoms with Crippen molar-refractivity contribution >= 4 is 0 Å². The second-order valence-corrected chi connectivity index (χ2v) is 5.36. The quantitative estimate of drug-likeness (QED) is 0.692. The standard InChI is InChI=1S/C13H28N2O/c1-4-12-6-8-15(10-12)9-7-13(3,11-16)14-5-2/h12,14,16H,4-11H2,1-3H3. The van der Waals surface area contributed by atoms with Gasteiger partial charge in [-0.25, -0.2) is 0 Å². The van der Waals surface area contributed by atoms with Crippen LogP contribution in [-0.2, 0) is 0 Å². The van der Waals surface area contributed by atoms with E-state index in [1.54, 1.807) is 0 Å². The molecule has 0 aromatic rings. The van der Waals surface area contributed by atoms with E-state index in [2.05, 4.69) is 31.0 Å². The molecule has 0 aromatic heterocycles. The van der Waals surface area contributed by atoms with E-state index in [0.717, 1.165) is 25.4 Å². The lowest BCUT2D eigenvalue weighted by atomic mass is 9.98. The summed E-state index contributed by atoms with van der Waals surface area (Å²) >= 11 is 0. The van der Waals surface area contributed by atoms with Crippen LogP contribution in [0, 0.1) is 5.92 Å². The predicted molar refractivity (Wildman–Crippen MR) is 68.6 cm³/mol. The van der Waals surface area contributed by atoms with Gasteiger partial charge < -0.3 is 15.3 Å². The zero-order valence-electron chi connectivity index (χ0n) is 11.1. The van der Waals surface area contributed by atoms with Gasteiger partial charge in [-0.1, -0.05) is 20.3 Å². The molecular formula is C13H28N2O. The molecule has 96 valence electrons. The molecule has 2 unspecified atom stereocenters. The molecule has 1 fully saturated rings. The fourth-order valence-corrected chi connectivity index (χ4v) is 2.50. The molecular weight excluding hydrogens is 200 g/mol. The van der Waals surface area contributed by atoms with Crippen molar-refractivity contribution < 1.29 is 5.11 Å². The van der Waals surface area contributed by atoms with E-state index in [0.29, 0.717) is 0 Å². The molecule has 16 heavy (non-hydrogen) atoms. The van der Waals surface area contributed by atoms with Gasteiger partial charge in [0.15, 0.2) is 0 Å². The Bertz CT molecular complexity index is 198. The van der Waals surface area contributed by atoms with Crippen LogP contribution in [0.15, 0.2) is 0 Å². The molecule has 1 saturated heterocycles. The normalized spacial score (nSPS) is 25.9. The molecule has 0 spiro atoms. The van der Waals surface area contributed by atoms with Crippen molar-refractivity contribution in [2.75, 3.05) is 32.8 Å². The Balaban J connectivity index is 2.27. The minimum atomic E-state index is -0.0982. The van der Waals surface area contributed by atoms with E-state index in [-0.39, 0.29) is 12.1 Å². The molecule has 3 heteroatoms. The number of nitrogens with zero attached hydrogens (tertiary/aromatic N) is 1. The van der Waals surface area contributed by atoms with Crippen molar-refractivity contribution in [2.45, 2.75) is 45.6 Å². The smallest absolute Gasteiger partial charge is 0.0611 e. The number of aliphatic hydroxyl groups excluding tert-OH is 1. The van der Waals surface area contributed by atoms with Gasteiger partial charge in [0.1, 0.15) is 0 Å². The highest BCUT2D eigenvalue weighted by atomic mass is 16.3. The average molecular weight is 228 g/mol. The minimum Gasteiger partial charge on any atom is -0.394 e. The van der Waals surface area contributed by atoms with Crippen molar-refractivity contribution in [1.29, 1.82) is 0 Å². The molecule has 2 N–H and O–H groups in total. The SMILES string of the molecule is CCNC(C)(CO)CCN1CCC(CC)C1. The first kappa shape index (κ1) is 13.9. The number of nitrogens with one attached hydrogen (secondary N) is 1. The van der Waals surface area contributed by atoms with Gasteiger partial charge in [-0.05, 0) is 45.3 Å². The van der Waals surface area contributed by atoms with Gasteiger partial charge >= 0.3 is 0 Å². The number of hydrogen-bond donors (Lipinski definition) is 2. The van der Waals surface area contributed by atoms with Gasteiger partial charge in [-0.15, -0.1) is 0 Å². The first-order chi connectivity index (χ1) is 7.63. The Kier molecular flexibility index (Phi) is 5.73. The molecule has 0 bridgehead atoms. The fraction of sp³-hybridized carbons (Fsp3) is 1.00. The molecule has 1 heterocycles. The van der Waals surface area contributed by atoms with E-state index in [4.69, 9.17) is 0 Å². The third-order valence-electron chi connectivity index (χ3n) is 3.88. The zero-order chi connectivity index (χ0) is 12.0. The van der Waals surface area contributed by atoms with E-state index in [1.807, 2.05) is 0 Å². The maximum atomic E-state index is 9.41. The molecule has 0 amide bonds. The Morgan fingerprint density at radius 1 is 1.44 bits per heavy atom. The summed E-state index contributed by atoms with van der Waals surface area (Å²) in [5.74, 6) is 0.902.